The topological polar surface area (TPSA) is 171 Å². The molecule has 41 heavy (non-hydrogen) atoms. The zero-order valence-electron chi connectivity index (χ0n) is 23.6. The Hall–Kier alpha value is -4.54. The number of ketones is 1. The largest absolute Gasteiger partial charge is 0.481 e. The molecule has 0 radical (unpaired) electrons. The summed E-state index contributed by atoms with van der Waals surface area (Å²) in [5.41, 5.74) is 2.30. The van der Waals surface area contributed by atoms with Crippen LogP contribution >= 0.6 is 0 Å². The van der Waals surface area contributed by atoms with Crippen molar-refractivity contribution in [1.82, 2.24) is 21.3 Å². The normalized spacial score (nSPS) is 12.1. The molecule has 11 nitrogen and oxygen atoms in total. The zero-order valence-corrected chi connectivity index (χ0v) is 23.6. The van der Waals surface area contributed by atoms with Crippen LogP contribution in [0.2, 0.25) is 0 Å². The van der Waals surface area contributed by atoms with Gasteiger partial charge in [0.2, 0.25) is 17.7 Å². The Morgan fingerprint density at radius 1 is 0.805 bits per heavy atom. The smallest absolute Gasteiger partial charge is 0.305 e. The molecule has 0 saturated heterocycles. The Morgan fingerprint density at radius 2 is 1.44 bits per heavy atom. The van der Waals surface area contributed by atoms with Crippen LogP contribution in [0.1, 0.15) is 54.6 Å². The zero-order chi connectivity index (χ0) is 30.4. The maximum absolute atomic E-state index is 12.7. The predicted octanol–water partition coefficient (Wildman–Crippen LogP) is 1.53. The van der Waals surface area contributed by atoms with E-state index in [1.807, 2.05) is 37.3 Å². The van der Waals surface area contributed by atoms with Gasteiger partial charge in [0.1, 0.15) is 12.1 Å². The third-order valence-electron chi connectivity index (χ3n) is 6.23. The number of carbonyl (C=O) groups is 6. The fourth-order valence-corrected chi connectivity index (χ4v) is 3.90. The van der Waals surface area contributed by atoms with Crippen molar-refractivity contribution in [1.29, 1.82) is 0 Å². The lowest BCUT2D eigenvalue weighted by molar-refractivity contribution is -0.140. The van der Waals surface area contributed by atoms with Gasteiger partial charge < -0.3 is 26.4 Å². The molecule has 0 aliphatic carbocycles. The highest BCUT2D eigenvalue weighted by Gasteiger charge is 2.27. The van der Waals surface area contributed by atoms with E-state index < -0.39 is 54.6 Å². The Labute approximate surface area is 239 Å². The predicted molar refractivity (Wildman–Crippen MR) is 152 cm³/mol. The fourth-order valence-electron chi connectivity index (χ4n) is 3.90. The highest BCUT2D eigenvalue weighted by Crippen LogP contribution is 2.06. The van der Waals surface area contributed by atoms with E-state index in [4.69, 9.17) is 0 Å². The molecule has 2 aromatic carbocycles. The van der Waals surface area contributed by atoms with Gasteiger partial charge in [-0.1, -0.05) is 61.9 Å². The molecule has 220 valence electrons. The van der Waals surface area contributed by atoms with Crippen LogP contribution < -0.4 is 21.3 Å². The Kier molecular flexibility index (Phi) is 13.2. The van der Waals surface area contributed by atoms with Crippen molar-refractivity contribution in [3.05, 3.63) is 71.3 Å². The lowest BCUT2D eigenvalue weighted by Gasteiger charge is -2.22. The minimum absolute atomic E-state index is 0.132. The van der Waals surface area contributed by atoms with Crippen LogP contribution in [0.25, 0.3) is 0 Å². The summed E-state index contributed by atoms with van der Waals surface area (Å²) in [7, 11) is 0. The number of nitrogens with one attached hydrogen (secondary N) is 4. The van der Waals surface area contributed by atoms with E-state index in [2.05, 4.69) is 21.3 Å². The molecule has 5 N–H and O–H groups in total. The van der Waals surface area contributed by atoms with Crippen LogP contribution in [0.5, 0.6) is 0 Å². The number of amides is 4. The number of Topliss-reactive ketones (excluding diaryl/α,β-unsaturated/α-hetero) is 1. The molecule has 0 aliphatic heterocycles. The second-order valence-electron chi connectivity index (χ2n) is 10.1. The maximum atomic E-state index is 12.7. The number of carboxylic acids is 1. The maximum Gasteiger partial charge on any atom is 0.305 e. The molecule has 0 aromatic heterocycles. The number of hydrogen-bond acceptors (Lipinski definition) is 6. The number of hydrogen-bond donors (Lipinski definition) is 5. The Morgan fingerprint density at radius 3 is 2.05 bits per heavy atom. The molecular formula is C30H38N4O7. The third-order valence-corrected chi connectivity index (χ3v) is 6.23. The Balaban J connectivity index is 1.83. The van der Waals surface area contributed by atoms with Crippen LogP contribution in [0, 0.1) is 12.8 Å². The molecule has 2 rings (SSSR count). The fraction of sp³-hybridized carbons (Fsp3) is 0.400. The van der Waals surface area contributed by atoms with Gasteiger partial charge in [-0.25, -0.2) is 0 Å². The number of benzene rings is 2. The average molecular weight is 567 g/mol. The molecule has 4 amide bonds. The third kappa shape index (κ3) is 12.0. The van der Waals surface area contributed by atoms with E-state index in [0.717, 1.165) is 17.5 Å². The van der Waals surface area contributed by atoms with Crippen molar-refractivity contribution >= 4 is 35.4 Å². The summed E-state index contributed by atoms with van der Waals surface area (Å²) < 4.78 is 0. The minimum atomic E-state index is -1.42. The molecule has 0 bridgehead atoms. The SMILES string of the molecule is Cc1ccc(C(=O)N[C@@H](CC(=O)O)C(=O)NCC(=O)NC(C(=O)NCC(=O)CCCc2ccccc2)C(C)C)cc1. The van der Waals surface area contributed by atoms with Crippen LogP contribution in [-0.4, -0.2) is 65.7 Å². The van der Waals surface area contributed by atoms with E-state index >= 15 is 0 Å². The molecule has 2 aromatic rings. The van der Waals surface area contributed by atoms with Gasteiger partial charge in [-0.2, -0.15) is 0 Å². The first-order chi connectivity index (χ1) is 19.5. The molecule has 11 heteroatoms. The first-order valence-corrected chi connectivity index (χ1v) is 13.5. The molecule has 0 aliphatic rings. The van der Waals surface area contributed by atoms with Crippen molar-refractivity contribution in [2.24, 2.45) is 5.92 Å². The lowest BCUT2D eigenvalue weighted by atomic mass is 10.0. The van der Waals surface area contributed by atoms with Crippen molar-refractivity contribution in [2.75, 3.05) is 13.1 Å². The van der Waals surface area contributed by atoms with Crippen LogP contribution in [-0.2, 0) is 30.4 Å². The summed E-state index contributed by atoms with van der Waals surface area (Å²) >= 11 is 0. The second kappa shape index (κ2) is 16.5. The number of aryl methyl sites for hydroxylation is 2. The van der Waals surface area contributed by atoms with E-state index in [0.29, 0.717) is 12.8 Å². The van der Waals surface area contributed by atoms with E-state index in [-0.39, 0.29) is 23.8 Å². The highest BCUT2D eigenvalue weighted by molar-refractivity contribution is 5.99. The van der Waals surface area contributed by atoms with Gasteiger partial charge in [0.05, 0.1) is 19.5 Å². The molecule has 0 spiro atoms. The Bertz CT molecular complexity index is 1210. The van der Waals surface area contributed by atoms with Crippen molar-refractivity contribution in [3.8, 4) is 0 Å². The summed E-state index contributed by atoms with van der Waals surface area (Å²) in [6.07, 6.45) is 1.01. The molecular weight excluding hydrogens is 528 g/mol. The summed E-state index contributed by atoms with van der Waals surface area (Å²) in [6, 6.07) is 13.9. The van der Waals surface area contributed by atoms with Crippen molar-refractivity contribution < 1.29 is 33.9 Å². The summed E-state index contributed by atoms with van der Waals surface area (Å²) in [5, 5.41) is 19.0. The molecule has 0 fully saturated rings. The summed E-state index contributed by atoms with van der Waals surface area (Å²) in [6.45, 7) is 4.56. The number of carboxylic acid groups (broad SMARTS) is 1. The summed E-state index contributed by atoms with van der Waals surface area (Å²) in [5.74, 6) is -4.50. The van der Waals surface area contributed by atoms with Gasteiger partial charge in [-0.05, 0) is 43.4 Å². The second-order valence-corrected chi connectivity index (χ2v) is 10.1. The van der Waals surface area contributed by atoms with Gasteiger partial charge in [0.25, 0.3) is 5.91 Å². The minimum Gasteiger partial charge on any atom is -0.481 e. The van der Waals surface area contributed by atoms with Crippen molar-refractivity contribution in [3.63, 3.8) is 0 Å². The van der Waals surface area contributed by atoms with Gasteiger partial charge in [-0.3, -0.25) is 28.8 Å². The molecule has 0 heterocycles. The summed E-state index contributed by atoms with van der Waals surface area (Å²) in [4.78, 5) is 73.8. The molecule has 0 saturated carbocycles. The first-order valence-electron chi connectivity index (χ1n) is 13.5. The van der Waals surface area contributed by atoms with E-state index in [1.54, 1.807) is 38.1 Å². The molecule has 1 unspecified atom stereocenters. The number of carbonyl (C=O) groups excluding carboxylic acids is 5. The standard InChI is InChI=1S/C30H38N4O7/c1-19(2)27(30(41)31-17-23(35)11-7-10-21-8-5-4-6-9-21)34-25(36)18-32-29(40)24(16-26(37)38)33-28(39)22-14-12-20(3)13-15-22/h4-6,8-9,12-15,19,24,27H,7,10-11,16-18H2,1-3H3,(H,31,41)(H,32,40)(H,33,39)(H,34,36)(H,37,38)/t24-,27?/m0/s1. The van der Waals surface area contributed by atoms with Gasteiger partial charge in [-0.15, -0.1) is 0 Å². The van der Waals surface area contributed by atoms with Crippen LogP contribution in [0.3, 0.4) is 0 Å². The van der Waals surface area contributed by atoms with Gasteiger partial charge in [0.15, 0.2) is 5.78 Å². The van der Waals surface area contributed by atoms with Crippen LogP contribution in [0.15, 0.2) is 54.6 Å². The van der Waals surface area contributed by atoms with Gasteiger partial charge >= 0.3 is 5.97 Å². The van der Waals surface area contributed by atoms with Crippen LogP contribution in [0.4, 0.5) is 0 Å². The van der Waals surface area contributed by atoms with Gasteiger partial charge in [0, 0.05) is 12.0 Å². The monoisotopic (exact) mass is 566 g/mol. The quantitative estimate of drug-likeness (QED) is 0.205. The number of rotatable bonds is 16. The first kappa shape index (κ1) is 32.7. The molecule has 2 atom stereocenters. The highest BCUT2D eigenvalue weighted by atomic mass is 16.4. The average Bonchev–Trinajstić information content (AvgIpc) is 2.93. The van der Waals surface area contributed by atoms with Crippen molar-refractivity contribution in [2.45, 2.75) is 58.5 Å². The van der Waals surface area contributed by atoms with E-state index in [9.17, 15) is 33.9 Å². The lowest BCUT2D eigenvalue weighted by Crippen LogP contribution is -2.54. The van der Waals surface area contributed by atoms with E-state index in [1.165, 1.54) is 0 Å². The number of aliphatic carboxylic acids is 1.